The van der Waals surface area contributed by atoms with Crippen molar-refractivity contribution in [2.75, 3.05) is 12.3 Å². The second-order valence-corrected chi connectivity index (χ2v) is 7.73. The second-order valence-electron chi connectivity index (χ2n) is 5.37. The Bertz CT molecular complexity index is 423. The number of rotatable bonds is 6. The lowest BCUT2D eigenvalue weighted by atomic mass is 9.95. The van der Waals surface area contributed by atoms with Crippen molar-refractivity contribution < 1.29 is 9.90 Å². The van der Waals surface area contributed by atoms with E-state index in [1.165, 1.54) is 12.8 Å². The zero-order valence-corrected chi connectivity index (χ0v) is 14.0. The predicted molar refractivity (Wildman–Crippen MR) is 90.0 cm³/mol. The maximum atomic E-state index is 11.9. The van der Waals surface area contributed by atoms with Crippen molar-refractivity contribution in [2.24, 2.45) is 0 Å². The van der Waals surface area contributed by atoms with Crippen LogP contribution in [0.1, 0.15) is 44.3 Å². The van der Waals surface area contributed by atoms with Crippen LogP contribution in [-0.4, -0.2) is 34.7 Å². The van der Waals surface area contributed by atoms with Crippen LogP contribution in [0.5, 0.6) is 0 Å². The summed E-state index contributed by atoms with van der Waals surface area (Å²) in [6.45, 7) is 2.43. The van der Waals surface area contributed by atoms with E-state index in [2.05, 4.69) is 17.6 Å². The highest BCUT2D eigenvalue weighted by Gasteiger charge is 2.23. The molecule has 6 heteroatoms. The van der Waals surface area contributed by atoms with Gasteiger partial charge in [0.05, 0.1) is 6.10 Å². The first kappa shape index (κ1) is 16.6. The minimum Gasteiger partial charge on any atom is -0.387 e. The molecule has 0 aromatic carbocycles. The number of urea groups is 1. The van der Waals surface area contributed by atoms with E-state index >= 15 is 0 Å². The molecular weight excluding hydrogens is 304 g/mol. The maximum Gasteiger partial charge on any atom is 0.315 e. The van der Waals surface area contributed by atoms with Gasteiger partial charge in [0.25, 0.3) is 0 Å². The molecule has 1 aromatic heterocycles. The van der Waals surface area contributed by atoms with Crippen molar-refractivity contribution in [1.82, 2.24) is 10.6 Å². The van der Waals surface area contributed by atoms with Gasteiger partial charge in [-0.25, -0.2) is 4.79 Å². The Morgan fingerprint density at radius 1 is 1.57 bits per heavy atom. The van der Waals surface area contributed by atoms with Crippen molar-refractivity contribution in [3.05, 3.63) is 22.4 Å². The average Bonchev–Trinajstić information content (AvgIpc) is 3.00. The van der Waals surface area contributed by atoms with Gasteiger partial charge in [-0.1, -0.05) is 13.3 Å². The van der Waals surface area contributed by atoms with Crippen LogP contribution in [0.15, 0.2) is 16.8 Å². The van der Waals surface area contributed by atoms with E-state index in [-0.39, 0.29) is 18.6 Å². The van der Waals surface area contributed by atoms with Gasteiger partial charge >= 0.3 is 6.03 Å². The summed E-state index contributed by atoms with van der Waals surface area (Å²) in [6, 6.07) is 1.97. The zero-order valence-electron chi connectivity index (χ0n) is 12.4. The number of amides is 2. The summed E-state index contributed by atoms with van der Waals surface area (Å²) in [7, 11) is 0. The van der Waals surface area contributed by atoms with E-state index in [4.69, 9.17) is 0 Å². The fraction of sp³-hybridized carbons (Fsp3) is 0.667. The van der Waals surface area contributed by atoms with Crippen LogP contribution >= 0.6 is 23.1 Å². The van der Waals surface area contributed by atoms with Gasteiger partial charge in [-0.3, -0.25) is 0 Å². The molecule has 0 radical (unpaired) electrons. The molecule has 0 bridgehead atoms. The van der Waals surface area contributed by atoms with E-state index < -0.39 is 6.10 Å². The summed E-state index contributed by atoms with van der Waals surface area (Å²) >= 11 is 3.53. The zero-order chi connectivity index (χ0) is 15.1. The lowest BCUT2D eigenvalue weighted by molar-refractivity contribution is 0.172. The predicted octanol–water partition coefficient (Wildman–Crippen LogP) is 3.15. The van der Waals surface area contributed by atoms with Crippen LogP contribution in [0.25, 0.3) is 0 Å². The number of hydrogen-bond donors (Lipinski definition) is 3. The molecule has 1 aromatic rings. The monoisotopic (exact) mass is 328 g/mol. The standard InChI is InChI=1S/C15H24N2O2S2/c1-2-21-13-5-3-4-12(8-13)17-15(19)16-9-14(18)11-6-7-20-10-11/h6-7,10,12-14,18H,2-5,8-9H2,1H3,(H2,16,17,19)/t12-,13-,14-/m0/s1. The van der Waals surface area contributed by atoms with Crippen LogP contribution in [0.4, 0.5) is 4.79 Å². The molecule has 2 rings (SSSR count). The molecule has 3 atom stereocenters. The highest BCUT2D eigenvalue weighted by molar-refractivity contribution is 7.99. The summed E-state index contributed by atoms with van der Waals surface area (Å²) in [5.74, 6) is 1.14. The summed E-state index contributed by atoms with van der Waals surface area (Å²) in [4.78, 5) is 11.9. The fourth-order valence-corrected chi connectivity index (χ4v) is 4.55. The van der Waals surface area contributed by atoms with Crippen molar-refractivity contribution in [3.63, 3.8) is 0 Å². The minimum absolute atomic E-state index is 0.170. The number of thiophene rings is 1. The second kappa shape index (κ2) is 8.66. The molecule has 1 aliphatic carbocycles. The van der Waals surface area contributed by atoms with Gasteiger partial charge in [-0.2, -0.15) is 23.1 Å². The molecular formula is C15H24N2O2S2. The Hall–Kier alpha value is -0.720. The molecule has 0 unspecified atom stereocenters. The molecule has 1 aliphatic rings. The third-order valence-electron chi connectivity index (χ3n) is 3.75. The molecule has 3 N–H and O–H groups in total. The fourth-order valence-electron chi connectivity index (χ4n) is 2.67. The Labute approximate surface area is 134 Å². The molecule has 1 fully saturated rings. The Morgan fingerprint density at radius 2 is 2.43 bits per heavy atom. The summed E-state index contributed by atoms with van der Waals surface area (Å²) in [6.07, 6.45) is 3.92. The first-order chi connectivity index (χ1) is 10.2. The van der Waals surface area contributed by atoms with E-state index in [9.17, 15) is 9.90 Å². The molecule has 0 aliphatic heterocycles. The molecule has 0 saturated heterocycles. The van der Waals surface area contributed by atoms with Gasteiger partial charge in [-0.15, -0.1) is 0 Å². The van der Waals surface area contributed by atoms with E-state index in [1.54, 1.807) is 11.3 Å². The molecule has 4 nitrogen and oxygen atoms in total. The highest BCUT2D eigenvalue weighted by Crippen LogP contribution is 2.28. The first-order valence-corrected chi connectivity index (χ1v) is 9.54. The summed E-state index contributed by atoms with van der Waals surface area (Å²) in [5, 5.41) is 20.2. The number of carbonyl (C=O) groups excluding carboxylic acids is 1. The number of thioether (sulfide) groups is 1. The Kier molecular flexibility index (Phi) is 6.86. The normalized spacial score (nSPS) is 23.5. The summed E-state index contributed by atoms with van der Waals surface area (Å²) in [5.41, 5.74) is 0.859. The number of aliphatic hydroxyl groups excluding tert-OH is 1. The van der Waals surface area contributed by atoms with Crippen LogP contribution in [-0.2, 0) is 0 Å². The van der Waals surface area contributed by atoms with Gasteiger partial charge in [-0.05, 0) is 47.4 Å². The lowest BCUT2D eigenvalue weighted by Gasteiger charge is -2.29. The van der Waals surface area contributed by atoms with Crippen molar-refractivity contribution in [2.45, 2.75) is 50.0 Å². The van der Waals surface area contributed by atoms with E-state index in [0.29, 0.717) is 5.25 Å². The number of carbonyl (C=O) groups is 1. The third-order valence-corrected chi connectivity index (χ3v) is 5.68. The molecule has 21 heavy (non-hydrogen) atoms. The van der Waals surface area contributed by atoms with E-state index in [1.807, 2.05) is 28.6 Å². The van der Waals surface area contributed by atoms with Gasteiger partial charge < -0.3 is 15.7 Å². The quantitative estimate of drug-likeness (QED) is 0.752. The van der Waals surface area contributed by atoms with Gasteiger partial charge in [0.2, 0.25) is 0 Å². The third kappa shape index (κ3) is 5.52. The molecule has 1 saturated carbocycles. The molecule has 2 amide bonds. The molecule has 1 heterocycles. The van der Waals surface area contributed by atoms with Crippen molar-refractivity contribution >= 4 is 29.1 Å². The minimum atomic E-state index is -0.628. The van der Waals surface area contributed by atoms with Crippen LogP contribution < -0.4 is 10.6 Å². The molecule has 118 valence electrons. The van der Waals surface area contributed by atoms with Gasteiger partial charge in [0, 0.05) is 17.8 Å². The van der Waals surface area contributed by atoms with Crippen molar-refractivity contribution in [1.29, 1.82) is 0 Å². The first-order valence-electron chi connectivity index (χ1n) is 7.55. The lowest BCUT2D eigenvalue weighted by Crippen LogP contribution is -2.45. The Morgan fingerprint density at radius 3 is 3.14 bits per heavy atom. The average molecular weight is 329 g/mol. The number of hydrogen-bond acceptors (Lipinski definition) is 4. The van der Waals surface area contributed by atoms with Crippen molar-refractivity contribution in [3.8, 4) is 0 Å². The van der Waals surface area contributed by atoms with E-state index in [0.717, 1.165) is 24.2 Å². The van der Waals surface area contributed by atoms with Crippen LogP contribution in [0, 0.1) is 0 Å². The number of nitrogens with one attached hydrogen (secondary N) is 2. The smallest absolute Gasteiger partial charge is 0.315 e. The summed E-state index contributed by atoms with van der Waals surface area (Å²) < 4.78 is 0. The van der Waals surface area contributed by atoms with Crippen LogP contribution in [0.2, 0.25) is 0 Å². The highest BCUT2D eigenvalue weighted by atomic mass is 32.2. The maximum absolute atomic E-state index is 11.9. The topological polar surface area (TPSA) is 61.4 Å². The van der Waals surface area contributed by atoms with Gasteiger partial charge in [0.1, 0.15) is 0 Å². The Balaban J connectivity index is 1.69. The number of aliphatic hydroxyl groups is 1. The SMILES string of the molecule is CCS[C@H]1CCC[C@H](NC(=O)NC[C@H](O)c2ccsc2)C1. The van der Waals surface area contributed by atoms with Gasteiger partial charge in [0.15, 0.2) is 0 Å². The largest absolute Gasteiger partial charge is 0.387 e. The van der Waals surface area contributed by atoms with Crippen LogP contribution in [0.3, 0.4) is 0 Å². The molecule has 0 spiro atoms.